The van der Waals surface area contributed by atoms with E-state index < -0.39 is 0 Å². The first kappa shape index (κ1) is 9.96. The van der Waals surface area contributed by atoms with Crippen LogP contribution in [0.15, 0.2) is 0 Å². The van der Waals surface area contributed by atoms with Crippen molar-refractivity contribution in [3.63, 3.8) is 0 Å². The molecule has 2 unspecified atom stereocenters. The number of hydrogen-bond acceptors (Lipinski definition) is 3. The van der Waals surface area contributed by atoms with Crippen LogP contribution in [-0.2, 0) is 0 Å². The van der Waals surface area contributed by atoms with Gasteiger partial charge in [-0.25, -0.2) is 0 Å². The van der Waals surface area contributed by atoms with Gasteiger partial charge in [0.1, 0.15) is 0 Å². The van der Waals surface area contributed by atoms with Crippen LogP contribution >= 0.6 is 0 Å². The zero-order valence-corrected chi connectivity index (χ0v) is 7.87. The highest BCUT2D eigenvalue weighted by atomic mass is 16.3. The Morgan fingerprint density at radius 2 is 2.42 bits per heavy atom. The third kappa shape index (κ3) is 2.73. The second kappa shape index (κ2) is 4.80. The third-order valence-electron chi connectivity index (χ3n) is 2.70. The molecule has 1 aliphatic rings. The average Bonchev–Trinajstić information content (AvgIpc) is 2.05. The van der Waals surface area contributed by atoms with Crippen LogP contribution in [-0.4, -0.2) is 42.3 Å². The monoisotopic (exact) mass is 172 g/mol. The van der Waals surface area contributed by atoms with Crippen LogP contribution in [0, 0.1) is 5.92 Å². The van der Waals surface area contributed by atoms with Gasteiger partial charge in [0.25, 0.3) is 0 Å². The molecule has 0 aromatic heterocycles. The van der Waals surface area contributed by atoms with E-state index in [0.717, 1.165) is 19.6 Å². The summed E-state index contributed by atoms with van der Waals surface area (Å²) < 4.78 is 0. The second-order valence-electron chi connectivity index (χ2n) is 3.79. The van der Waals surface area contributed by atoms with Gasteiger partial charge in [0.05, 0.1) is 6.61 Å². The summed E-state index contributed by atoms with van der Waals surface area (Å²) >= 11 is 0. The van der Waals surface area contributed by atoms with E-state index >= 15 is 0 Å². The lowest BCUT2D eigenvalue weighted by atomic mass is 9.92. The maximum absolute atomic E-state index is 8.77. The van der Waals surface area contributed by atoms with Crippen molar-refractivity contribution < 1.29 is 5.11 Å². The summed E-state index contributed by atoms with van der Waals surface area (Å²) in [4.78, 5) is 2.30. The van der Waals surface area contributed by atoms with Gasteiger partial charge in [-0.15, -0.1) is 0 Å². The quantitative estimate of drug-likeness (QED) is 0.632. The zero-order chi connectivity index (χ0) is 8.97. The van der Waals surface area contributed by atoms with E-state index in [0.29, 0.717) is 12.0 Å². The van der Waals surface area contributed by atoms with Crippen LogP contribution in [0.2, 0.25) is 0 Å². The van der Waals surface area contributed by atoms with E-state index in [2.05, 4.69) is 11.8 Å². The van der Waals surface area contributed by atoms with E-state index in [1.54, 1.807) is 0 Å². The Balaban J connectivity index is 2.30. The third-order valence-corrected chi connectivity index (χ3v) is 2.70. The van der Waals surface area contributed by atoms with Gasteiger partial charge in [-0.05, 0) is 32.2 Å². The highest BCUT2D eigenvalue weighted by Gasteiger charge is 2.21. The van der Waals surface area contributed by atoms with Crippen molar-refractivity contribution in [3.8, 4) is 0 Å². The highest BCUT2D eigenvalue weighted by Crippen LogP contribution is 2.17. The predicted molar refractivity (Wildman–Crippen MR) is 49.9 cm³/mol. The normalized spacial score (nSPS) is 28.8. The Morgan fingerprint density at radius 3 is 3.00 bits per heavy atom. The van der Waals surface area contributed by atoms with Crippen LogP contribution in [0.5, 0.6) is 0 Å². The maximum atomic E-state index is 8.77. The molecule has 1 rings (SSSR count). The molecule has 12 heavy (non-hydrogen) atoms. The molecular formula is C9H20N2O. The van der Waals surface area contributed by atoms with Gasteiger partial charge in [-0.3, -0.25) is 0 Å². The fourth-order valence-corrected chi connectivity index (χ4v) is 1.86. The number of rotatable bonds is 3. The summed E-state index contributed by atoms with van der Waals surface area (Å²) in [5.41, 5.74) is 5.84. The highest BCUT2D eigenvalue weighted by molar-refractivity contribution is 4.77. The Hall–Kier alpha value is -0.120. The van der Waals surface area contributed by atoms with Crippen LogP contribution < -0.4 is 5.73 Å². The molecule has 1 saturated heterocycles. The number of aliphatic hydroxyl groups is 1. The fourth-order valence-electron chi connectivity index (χ4n) is 1.86. The standard InChI is InChI=1S/C9H20N2O/c1-8(10)9-3-2-4-11(7-9)5-6-12/h8-9,12H,2-7,10H2,1H3. The van der Waals surface area contributed by atoms with E-state index in [1.807, 2.05) is 0 Å². The van der Waals surface area contributed by atoms with Crippen LogP contribution in [0.3, 0.4) is 0 Å². The van der Waals surface area contributed by atoms with Crippen LogP contribution in [0.1, 0.15) is 19.8 Å². The van der Waals surface area contributed by atoms with Gasteiger partial charge in [0.15, 0.2) is 0 Å². The minimum Gasteiger partial charge on any atom is -0.395 e. The lowest BCUT2D eigenvalue weighted by Crippen LogP contribution is -2.43. The van der Waals surface area contributed by atoms with E-state index in [-0.39, 0.29) is 6.61 Å². The van der Waals surface area contributed by atoms with Crippen molar-refractivity contribution in [2.24, 2.45) is 11.7 Å². The number of aliphatic hydroxyl groups excluding tert-OH is 1. The number of hydrogen-bond donors (Lipinski definition) is 2. The van der Waals surface area contributed by atoms with Gasteiger partial charge in [0, 0.05) is 19.1 Å². The van der Waals surface area contributed by atoms with Gasteiger partial charge < -0.3 is 15.7 Å². The van der Waals surface area contributed by atoms with Gasteiger partial charge in [-0.1, -0.05) is 0 Å². The maximum Gasteiger partial charge on any atom is 0.0558 e. The zero-order valence-electron chi connectivity index (χ0n) is 7.87. The number of likely N-dealkylation sites (tertiary alicyclic amines) is 1. The van der Waals surface area contributed by atoms with Crippen molar-refractivity contribution >= 4 is 0 Å². The van der Waals surface area contributed by atoms with Crippen LogP contribution in [0.4, 0.5) is 0 Å². The first-order chi connectivity index (χ1) is 5.74. The molecule has 0 spiro atoms. The van der Waals surface area contributed by atoms with E-state index in [1.165, 1.54) is 12.8 Å². The van der Waals surface area contributed by atoms with Gasteiger partial charge in [-0.2, -0.15) is 0 Å². The molecule has 1 aliphatic heterocycles. The van der Waals surface area contributed by atoms with Gasteiger partial charge in [0.2, 0.25) is 0 Å². The SMILES string of the molecule is CC(N)C1CCCN(CCO)C1. The fraction of sp³-hybridized carbons (Fsp3) is 1.00. The lowest BCUT2D eigenvalue weighted by Gasteiger charge is -2.34. The Kier molecular flexibility index (Phi) is 3.98. The second-order valence-corrected chi connectivity index (χ2v) is 3.79. The molecule has 72 valence electrons. The topological polar surface area (TPSA) is 49.5 Å². The molecule has 0 bridgehead atoms. The van der Waals surface area contributed by atoms with Crippen molar-refractivity contribution in [1.82, 2.24) is 4.90 Å². The summed E-state index contributed by atoms with van der Waals surface area (Å²) in [5, 5.41) is 8.77. The summed E-state index contributed by atoms with van der Waals surface area (Å²) in [5.74, 6) is 0.630. The molecule has 0 aromatic carbocycles. The summed E-state index contributed by atoms with van der Waals surface area (Å²) in [6.45, 7) is 5.35. The van der Waals surface area contributed by atoms with E-state index in [9.17, 15) is 0 Å². The molecule has 3 nitrogen and oxygen atoms in total. The van der Waals surface area contributed by atoms with Crippen molar-refractivity contribution in [1.29, 1.82) is 0 Å². The molecular weight excluding hydrogens is 152 g/mol. The number of piperidine rings is 1. The Bertz CT molecular complexity index is 126. The molecule has 0 radical (unpaired) electrons. The molecule has 1 heterocycles. The summed E-state index contributed by atoms with van der Waals surface area (Å²) in [6.07, 6.45) is 2.48. The first-order valence-electron chi connectivity index (χ1n) is 4.83. The summed E-state index contributed by atoms with van der Waals surface area (Å²) in [7, 11) is 0. The molecule has 1 fully saturated rings. The number of β-amino-alcohol motifs (C(OH)–C–C–N with tert-alkyl or cyclic N) is 1. The molecule has 0 aromatic rings. The Labute approximate surface area is 74.5 Å². The Morgan fingerprint density at radius 1 is 1.67 bits per heavy atom. The minimum absolute atomic E-state index is 0.270. The largest absolute Gasteiger partial charge is 0.395 e. The van der Waals surface area contributed by atoms with E-state index in [4.69, 9.17) is 10.8 Å². The number of nitrogens with zero attached hydrogens (tertiary/aromatic N) is 1. The predicted octanol–water partition coefficient (Wildman–Crippen LogP) is 0.0379. The average molecular weight is 172 g/mol. The minimum atomic E-state index is 0.270. The molecule has 0 saturated carbocycles. The molecule has 0 amide bonds. The molecule has 3 heteroatoms. The van der Waals surface area contributed by atoms with Crippen molar-refractivity contribution in [2.45, 2.75) is 25.8 Å². The first-order valence-corrected chi connectivity index (χ1v) is 4.83. The van der Waals surface area contributed by atoms with Gasteiger partial charge >= 0.3 is 0 Å². The molecule has 3 N–H and O–H groups in total. The molecule has 0 aliphatic carbocycles. The van der Waals surface area contributed by atoms with Crippen molar-refractivity contribution in [2.75, 3.05) is 26.2 Å². The van der Waals surface area contributed by atoms with Crippen LogP contribution in [0.25, 0.3) is 0 Å². The summed E-state index contributed by atoms with van der Waals surface area (Å²) in [6, 6.07) is 0.298. The van der Waals surface area contributed by atoms with Crippen molar-refractivity contribution in [3.05, 3.63) is 0 Å². The smallest absolute Gasteiger partial charge is 0.0558 e. The molecule has 2 atom stereocenters. The number of nitrogens with two attached hydrogens (primary N) is 1. The lowest BCUT2D eigenvalue weighted by molar-refractivity contribution is 0.131.